The summed E-state index contributed by atoms with van der Waals surface area (Å²) in [5, 5.41) is 22.7. The Hall–Kier alpha value is -2.36. The van der Waals surface area contributed by atoms with E-state index in [0.717, 1.165) is 30.5 Å². The minimum absolute atomic E-state index is 0.0339. The van der Waals surface area contributed by atoms with E-state index in [-0.39, 0.29) is 35.6 Å². The predicted octanol–water partition coefficient (Wildman–Crippen LogP) is 5.44. The maximum Gasteiger partial charge on any atom is 0.508 e. The Morgan fingerprint density at radius 1 is 1.31 bits per heavy atom. The van der Waals surface area contributed by atoms with E-state index < -0.39 is 28.7 Å². The molecule has 212 valence electrons. The largest absolute Gasteiger partial charge is 0.508 e. The highest BCUT2D eigenvalue weighted by Gasteiger charge is 2.70. The van der Waals surface area contributed by atoms with Gasteiger partial charge in [-0.05, 0) is 111 Å². The fourth-order valence-electron chi connectivity index (χ4n) is 8.55. The van der Waals surface area contributed by atoms with E-state index in [2.05, 4.69) is 25.6 Å². The van der Waals surface area contributed by atoms with Crippen molar-refractivity contribution < 1.29 is 28.9 Å². The highest BCUT2D eigenvalue weighted by Crippen LogP contribution is 2.69. The number of halogens is 1. The van der Waals surface area contributed by atoms with Crippen LogP contribution in [0.1, 0.15) is 59.3 Å². The molecule has 3 fully saturated rings. The number of rotatable bonds is 4. The van der Waals surface area contributed by atoms with Crippen LogP contribution in [0.5, 0.6) is 0 Å². The van der Waals surface area contributed by atoms with Crippen LogP contribution >= 0.6 is 12.6 Å². The Labute approximate surface area is 234 Å². The van der Waals surface area contributed by atoms with Crippen molar-refractivity contribution in [2.45, 2.75) is 76.4 Å². The second kappa shape index (κ2) is 10.2. The van der Waals surface area contributed by atoms with Crippen molar-refractivity contribution in [1.29, 1.82) is 0 Å². The molecule has 0 aliphatic heterocycles. The fraction of sp³-hybridized carbons (Fsp3) is 0.600. The first-order valence-electron chi connectivity index (χ1n) is 13.9. The smallest absolute Gasteiger partial charge is 0.435 e. The average Bonchev–Trinajstić information content (AvgIpc) is 3.17. The summed E-state index contributed by atoms with van der Waals surface area (Å²) >= 11 is 4.39. The van der Waals surface area contributed by atoms with Gasteiger partial charge in [-0.25, -0.2) is 14.2 Å². The van der Waals surface area contributed by atoms with Gasteiger partial charge >= 0.3 is 6.16 Å². The lowest BCUT2D eigenvalue weighted by atomic mass is 9.45. The van der Waals surface area contributed by atoms with Crippen molar-refractivity contribution in [2.75, 3.05) is 6.61 Å². The number of allylic oxidation sites excluding steroid dienone is 3. The third-order valence-electron chi connectivity index (χ3n) is 10.3. The van der Waals surface area contributed by atoms with Crippen LogP contribution in [0, 0.1) is 34.4 Å². The number of carbonyl (C=O) groups is 1. The van der Waals surface area contributed by atoms with E-state index in [1.807, 2.05) is 6.92 Å². The zero-order valence-electron chi connectivity index (χ0n) is 22.8. The van der Waals surface area contributed by atoms with Gasteiger partial charge in [0.1, 0.15) is 11.3 Å². The normalized spacial score (nSPS) is 40.3. The molecule has 1 aromatic carbocycles. The molecule has 0 heterocycles. The summed E-state index contributed by atoms with van der Waals surface area (Å²) in [6.07, 6.45) is 6.12. The van der Waals surface area contributed by atoms with Gasteiger partial charge in [-0.15, -0.1) is 12.6 Å². The molecule has 5 rings (SSSR count). The van der Waals surface area contributed by atoms with Crippen LogP contribution in [0.2, 0.25) is 0 Å². The minimum atomic E-state index is -1.25. The van der Waals surface area contributed by atoms with Crippen molar-refractivity contribution in [3.8, 4) is 0 Å². The Morgan fingerprint density at radius 3 is 2.67 bits per heavy atom. The maximum atomic E-state index is 13.4. The van der Waals surface area contributed by atoms with Crippen molar-refractivity contribution in [3.05, 3.63) is 53.5 Å². The molecule has 0 spiro atoms. The number of aliphatic hydroxyl groups excluding tert-OH is 2. The molecule has 39 heavy (non-hydrogen) atoms. The molecular formula is C30H39FN2O5S. The van der Waals surface area contributed by atoms with Gasteiger partial charge in [0.2, 0.25) is 0 Å². The second-order valence-electron chi connectivity index (χ2n) is 12.0. The molecule has 1 aromatic rings. The summed E-state index contributed by atoms with van der Waals surface area (Å²) < 4.78 is 24.4. The molecular weight excluding hydrogens is 519 g/mol. The van der Waals surface area contributed by atoms with E-state index in [9.17, 15) is 19.4 Å². The zero-order chi connectivity index (χ0) is 28.2. The van der Waals surface area contributed by atoms with Crippen LogP contribution in [0.3, 0.4) is 0 Å². The molecule has 4 aliphatic carbocycles. The summed E-state index contributed by atoms with van der Waals surface area (Å²) in [4.78, 5) is 17.2. The number of nitrogens with zero attached hydrogens (tertiary/aromatic N) is 1. The van der Waals surface area contributed by atoms with Crippen molar-refractivity contribution >= 4 is 30.2 Å². The highest BCUT2D eigenvalue weighted by molar-refractivity contribution is 7.80. The molecule has 0 saturated heterocycles. The maximum absolute atomic E-state index is 13.4. The van der Waals surface area contributed by atoms with Gasteiger partial charge in [0, 0.05) is 5.41 Å². The number of aliphatic imine (C=N–C) groups is 1. The Kier molecular flexibility index (Phi) is 7.40. The van der Waals surface area contributed by atoms with Crippen LogP contribution in [0.4, 0.5) is 14.9 Å². The van der Waals surface area contributed by atoms with Gasteiger partial charge in [-0.3, -0.25) is 0 Å². The van der Waals surface area contributed by atoms with Crippen molar-refractivity contribution in [3.63, 3.8) is 0 Å². The molecule has 8 atom stereocenters. The Balaban J connectivity index is 1.50. The predicted molar refractivity (Wildman–Crippen MR) is 150 cm³/mol. The van der Waals surface area contributed by atoms with Crippen LogP contribution in [-0.4, -0.2) is 45.8 Å². The van der Waals surface area contributed by atoms with E-state index in [4.69, 9.17) is 20.2 Å². The summed E-state index contributed by atoms with van der Waals surface area (Å²) in [5.41, 5.74) is 6.20. The lowest BCUT2D eigenvalue weighted by molar-refractivity contribution is -0.192. The van der Waals surface area contributed by atoms with Gasteiger partial charge in [0.25, 0.3) is 0 Å². The standard InChI is InChI=1S/C30H39FN2O5S/c1-4-37-27(36)38-30(26(35)39)12-11-22-21-10-5-18-13-23(33-20-8-6-19(31)7-9-20)17(16-32)14-28(18,2)25(21)24(34)15-29(22,30)3/h6-9,13,16,21-22,24-26,34-35,39H,4-5,10-12,14-15,32H2,1-3H3/t21-,22?,24?,25?,26?,28-,29-,30-/m0/s1. The third-order valence-corrected chi connectivity index (χ3v) is 10.7. The molecule has 3 saturated carbocycles. The number of hydrogen-bond acceptors (Lipinski definition) is 8. The number of fused-ring (bicyclic) bond motifs is 5. The summed E-state index contributed by atoms with van der Waals surface area (Å²) in [7, 11) is 0. The first-order chi connectivity index (χ1) is 18.5. The molecule has 0 bridgehead atoms. The molecule has 0 aromatic heterocycles. The van der Waals surface area contributed by atoms with Crippen LogP contribution in [0.25, 0.3) is 0 Å². The van der Waals surface area contributed by atoms with E-state index >= 15 is 0 Å². The summed E-state index contributed by atoms with van der Waals surface area (Å²) in [6.45, 7) is 6.11. The second-order valence-corrected chi connectivity index (χ2v) is 12.5. The number of benzene rings is 1. The first kappa shape index (κ1) is 28.2. The first-order valence-corrected chi connectivity index (χ1v) is 14.4. The SMILES string of the molecule is CCOC(=O)O[C@]1(C(O)S)CCC2[C@@H]3CCC4=CC(=Nc5ccc(F)cc5)C(=CN)C[C@]4(C)C3C(O)C[C@@]21C. The fourth-order valence-corrected chi connectivity index (χ4v) is 9.03. The lowest BCUT2D eigenvalue weighted by Gasteiger charge is -2.61. The van der Waals surface area contributed by atoms with Crippen LogP contribution in [0.15, 0.2) is 52.7 Å². The number of thiol groups is 1. The molecule has 4 N–H and O–H groups in total. The highest BCUT2D eigenvalue weighted by atomic mass is 32.1. The van der Waals surface area contributed by atoms with Gasteiger partial charge < -0.3 is 25.4 Å². The molecule has 4 unspecified atom stereocenters. The monoisotopic (exact) mass is 558 g/mol. The van der Waals surface area contributed by atoms with Crippen LogP contribution < -0.4 is 5.73 Å². The van der Waals surface area contributed by atoms with E-state index in [1.165, 1.54) is 17.7 Å². The molecule has 7 nitrogen and oxygen atoms in total. The van der Waals surface area contributed by atoms with E-state index in [1.54, 1.807) is 25.3 Å². The molecule has 9 heteroatoms. The van der Waals surface area contributed by atoms with Crippen molar-refractivity contribution in [1.82, 2.24) is 0 Å². The lowest BCUT2D eigenvalue weighted by Crippen LogP contribution is -2.63. The number of carbonyl (C=O) groups excluding carboxylic acids is 1. The topological polar surface area (TPSA) is 114 Å². The van der Waals surface area contributed by atoms with Gasteiger partial charge in [-0.2, -0.15) is 0 Å². The third kappa shape index (κ3) is 4.41. The van der Waals surface area contributed by atoms with Gasteiger partial charge in [-0.1, -0.05) is 19.4 Å². The zero-order valence-corrected chi connectivity index (χ0v) is 23.7. The van der Waals surface area contributed by atoms with Gasteiger partial charge in [0.05, 0.1) is 24.1 Å². The van der Waals surface area contributed by atoms with Crippen molar-refractivity contribution in [2.24, 2.45) is 39.3 Å². The number of hydrogen-bond donors (Lipinski definition) is 4. The summed E-state index contributed by atoms with van der Waals surface area (Å²) in [5.74, 6) is -0.0579. The molecule has 0 radical (unpaired) electrons. The quantitative estimate of drug-likeness (QED) is 0.222. The molecule has 0 amide bonds. The minimum Gasteiger partial charge on any atom is -0.435 e. The van der Waals surface area contributed by atoms with Gasteiger partial charge in [0.15, 0.2) is 5.60 Å². The van der Waals surface area contributed by atoms with E-state index in [0.29, 0.717) is 24.9 Å². The number of ether oxygens (including phenoxy) is 2. The molecule has 4 aliphatic rings. The average molecular weight is 559 g/mol. The Morgan fingerprint density at radius 2 is 2.03 bits per heavy atom. The van der Waals surface area contributed by atoms with Crippen LogP contribution in [-0.2, 0) is 9.47 Å². The number of nitrogens with two attached hydrogens (primary N) is 1. The summed E-state index contributed by atoms with van der Waals surface area (Å²) in [6, 6.07) is 6.07. The number of aliphatic hydroxyl groups is 2. The Bertz CT molecular complexity index is 1220.